The third-order valence-corrected chi connectivity index (χ3v) is 5.28. The molecule has 6 nitrogen and oxygen atoms in total. The van der Waals surface area contributed by atoms with E-state index in [0.29, 0.717) is 38.2 Å². The van der Waals surface area contributed by atoms with Gasteiger partial charge in [0.1, 0.15) is 0 Å². The second-order valence-corrected chi connectivity index (χ2v) is 7.62. The van der Waals surface area contributed by atoms with E-state index in [1.165, 1.54) is 4.68 Å². The number of fused-ring (bicyclic) bond motifs is 1. The van der Waals surface area contributed by atoms with Crippen LogP contribution in [0.15, 0.2) is 76.6 Å². The van der Waals surface area contributed by atoms with Gasteiger partial charge >= 0.3 is 0 Å². The van der Waals surface area contributed by atoms with Crippen molar-refractivity contribution >= 4 is 39.7 Å². The van der Waals surface area contributed by atoms with Gasteiger partial charge in [0.25, 0.3) is 5.56 Å². The lowest BCUT2D eigenvalue weighted by atomic mass is 10.2. The Bertz CT molecular complexity index is 1300. The van der Waals surface area contributed by atoms with Gasteiger partial charge in [-0.3, -0.25) is 4.79 Å². The van der Waals surface area contributed by atoms with Gasteiger partial charge in [0.05, 0.1) is 27.3 Å². The molecule has 0 fully saturated rings. The van der Waals surface area contributed by atoms with Crippen LogP contribution >= 0.6 is 22.6 Å². The maximum absolute atomic E-state index is 13.2. The Morgan fingerprint density at radius 1 is 1.13 bits per heavy atom. The Hall–Kier alpha value is -3.20. The minimum Gasteiger partial charge on any atom is -0.504 e. The van der Waals surface area contributed by atoms with Gasteiger partial charge in [-0.2, -0.15) is 9.78 Å². The maximum atomic E-state index is 13.2. The number of nitrogens with zero attached hydrogens (tertiary/aromatic N) is 3. The van der Waals surface area contributed by atoms with E-state index in [4.69, 9.17) is 4.74 Å². The molecule has 1 aromatic heterocycles. The molecule has 4 rings (SSSR count). The molecular formula is C23H18IN3O3. The highest BCUT2D eigenvalue weighted by atomic mass is 127. The van der Waals surface area contributed by atoms with E-state index in [-0.39, 0.29) is 11.3 Å². The Morgan fingerprint density at radius 3 is 2.63 bits per heavy atom. The zero-order valence-corrected chi connectivity index (χ0v) is 18.3. The second-order valence-electron chi connectivity index (χ2n) is 6.46. The van der Waals surface area contributed by atoms with Crippen molar-refractivity contribution in [2.45, 2.75) is 6.92 Å². The lowest BCUT2D eigenvalue weighted by Crippen LogP contribution is -2.20. The molecule has 4 aromatic rings. The molecule has 1 heterocycles. The van der Waals surface area contributed by atoms with Crippen molar-refractivity contribution in [3.05, 3.63) is 86.2 Å². The smallest absolute Gasteiger partial charge is 0.282 e. The van der Waals surface area contributed by atoms with E-state index in [9.17, 15) is 9.90 Å². The van der Waals surface area contributed by atoms with Crippen LogP contribution in [0.25, 0.3) is 22.3 Å². The van der Waals surface area contributed by atoms with Crippen molar-refractivity contribution in [2.75, 3.05) is 6.61 Å². The normalized spacial score (nSPS) is 11.3. The van der Waals surface area contributed by atoms with E-state index in [0.717, 1.165) is 5.56 Å². The first kappa shape index (κ1) is 20.1. The van der Waals surface area contributed by atoms with Crippen LogP contribution in [0.1, 0.15) is 12.5 Å². The van der Waals surface area contributed by atoms with Crippen LogP contribution in [0, 0.1) is 3.57 Å². The molecule has 0 spiro atoms. The highest BCUT2D eigenvalue weighted by Gasteiger charge is 2.13. The third kappa shape index (κ3) is 3.93. The van der Waals surface area contributed by atoms with E-state index < -0.39 is 0 Å². The van der Waals surface area contributed by atoms with Crippen LogP contribution in [-0.2, 0) is 0 Å². The summed E-state index contributed by atoms with van der Waals surface area (Å²) in [6, 6.07) is 20.1. The Morgan fingerprint density at radius 2 is 1.87 bits per heavy atom. The third-order valence-electron chi connectivity index (χ3n) is 4.46. The largest absolute Gasteiger partial charge is 0.504 e. The van der Waals surface area contributed by atoms with Crippen molar-refractivity contribution in [3.63, 3.8) is 0 Å². The molecule has 0 aliphatic heterocycles. The van der Waals surface area contributed by atoms with Crippen molar-refractivity contribution < 1.29 is 9.84 Å². The summed E-state index contributed by atoms with van der Waals surface area (Å²) >= 11 is 2.03. The maximum Gasteiger partial charge on any atom is 0.282 e. The lowest BCUT2D eigenvalue weighted by Gasteiger charge is -2.10. The average Bonchev–Trinajstić information content (AvgIpc) is 2.77. The summed E-state index contributed by atoms with van der Waals surface area (Å²) in [5.74, 6) is 0.913. The quantitative estimate of drug-likeness (QED) is 0.313. The summed E-state index contributed by atoms with van der Waals surface area (Å²) in [5.41, 5.74) is 1.84. The number of benzene rings is 3. The molecule has 1 N–H and O–H groups in total. The minimum atomic E-state index is -0.255. The van der Waals surface area contributed by atoms with Gasteiger partial charge in [-0.25, -0.2) is 4.98 Å². The van der Waals surface area contributed by atoms with Crippen molar-refractivity contribution in [3.8, 4) is 22.9 Å². The molecular weight excluding hydrogens is 493 g/mol. The van der Waals surface area contributed by atoms with Crippen molar-refractivity contribution in [2.24, 2.45) is 5.10 Å². The first-order valence-electron chi connectivity index (χ1n) is 9.35. The van der Waals surface area contributed by atoms with E-state index in [1.807, 2.05) is 72.0 Å². The Labute approximate surface area is 186 Å². The molecule has 0 bridgehead atoms. The number of phenolic OH excluding ortho intramolecular Hbond substituents is 1. The van der Waals surface area contributed by atoms with Crippen LogP contribution in [0.3, 0.4) is 0 Å². The molecule has 0 atom stereocenters. The molecule has 3 aromatic carbocycles. The monoisotopic (exact) mass is 511 g/mol. The van der Waals surface area contributed by atoms with Gasteiger partial charge in [0.15, 0.2) is 17.3 Å². The second kappa shape index (κ2) is 8.66. The molecule has 0 aliphatic carbocycles. The number of rotatable bonds is 5. The zero-order chi connectivity index (χ0) is 21.1. The molecule has 0 unspecified atom stereocenters. The first-order valence-corrected chi connectivity index (χ1v) is 10.4. The molecule has 150 valence electrons. The fourth-order valence-electron chi connectivity index (χ4n) is 3.06. The predicted molar refractivity (Wildman–Crippen MR) is 126 cm³/mol. The van der Waals surface area contributed by atoms with Crippen LogP contribution in [0.5, 0.6) is 11.5 Å². The number of ether oxygens (including phenoxy) is 1. The predicted octanol–water partition coefficient (Wildman–Crippen LogP) is 4.65. The van der Waals surface area contributed by atoms with E-state index in [2.05, 4.69) is 10.1 Å². The van der Waals surface area contributed by atoms with Gasteiger partial charge in [0.2, 0.25) is 0 Å². The number of aromatic hydroxyl groups is 1. The lowest BCUT2D eigenvalue weighted by molar-refractivity contribution is 0.317. The van der Waals surface area contributed by atoms with E-state index >= 15 is 0 Å². The fourth-order valence-corrected chi connectivity index (χ4v) is 3.69. The highest BCUT2D eigenvalue weighted by molar-refractivity contribution is 14.1. The highest BCUT2D eigenvalue weighted by Crippen LogP contribution is 2.32. The topological polar surface area (TPSA) is 76.7 Å². The number of halogens is 1. The standard InChI is InChI=1S/C23H18IN3O3/c1-2-30-20-13-15(12-18(24)21(20)28)14-25-27-22(16-8-4-3-5-9-16)26-19-11-7-6-10-17(19)23(27)29/h3-14,28H,2H2,1H3. The van der Waals surface area contributed by atoms with Gasteiger partial charge < -0.3 is 9.84 Å². The number of hydrogen-bond acceptors (Lipinski definition) is 5. The summed E-state index contributed by atoms with van der Waals surface area (Å²) in [4.78, 5) is 17.9. The zero-order valence-electron chi connectivity index (χ0n) is 16.1. The number of hydrogen-bond donors (Lipinski definition) is 1. The molecule has 7 heteroatoms. The summed E-state index contributed by atoms with van der Waals surface area (Å²) in [6.45, 7) is 2.27. The van der Waals surface area contributed by atoms with Crippen molar-refractivity contribution in [1.29, 1.82) is 0 Å². The van der Waals surface area contributed by atoms with Crippen LogP contribution in [0.2, 0.25) is 0 Å². The SMILES string of the molecule is CCOc1cc(C=Nn2c(-c3ccccc3)nc3ccccc3c2=O)cc(I)c1O. The molecule has 0 radical (unpaired) electrons. The molecule has 0 aliphatic rings. The fraction of sp³-hybridized carbons (Fsp3) is 0.0870. The number of aromatic nitrogens is 2. The van der Waals surface area contributed by atoms with Crippen LogP contribution in [0.4, 0.5) is 0 Å². The number of phenols is 1. The van der Waals surface area contributed by atoms with Gasteiger partial charge in [-0.05, 0) is 59.3 Å². The summed E-state index contributed by atoms with van der Waals surface area (Å²) in [7, 11) is 0. The molecule has 0 saturated heterocycles. The minimum absolute atomic E-state index is 0.0871. The van der Waals surface area contributed by atoms with Gasteiger partial charge in [0, 0.05) is 5.56 Å². The number of para-hydroxylation sites is 1. The average molecular weight is 511 g/mol. The van der Waals surface area contributed by atoms with Gasteiger partial charge in [-0.15, -0.1) is 0 Å². The molecule has 30 heavy (non-hydrogen) atoms. The van der Waals surface area contributed by atoms with Crippen LogP contribution in [-0.4, -0.2) is 27.6 Å². The first-order chi connectivity index (χ1) is 14.6. The summed E-state index contributed by atoms with van der Waals surface area (Å²) in [6.07, 6.45) is 1.56. The molecule has 0 amide bonds. The van der Waals surface area contributed by atoms with Crippen LogP contribution < -0.4 is 10.3 Å². The summed E-state index contributed by atoms with van der Waals surface area (Å²) < 4.78 is 7.42. The van der Waals surface area contributed by atoms with E-state index in [1.54, 1.807) is 30.5 Å². The Kier molecular flexibility index (Phi) is 5.80. The van der Waals surface area contributed by atoms with Crippen molar-refractivity contribution in [1.82, 2.24) is 9.66 Å². The van der Waals surface area contributed by atoms with Gasteiger partial charge in [-0.1, -0.05) is 42.5 Å². The summed E-state index contributed by atoms with van der Waals surface area (Å²) in [5, 5.41) is 15.1. The Balaban J connectivity index is 1.88. The molecule has 0 saturated carbocycles.